The van der Waals surface area contributed by atoms with Crippen molar-refractivity contribution in [3.63, 3.8) is 0 Å². The monoisotopic (exact) mass is 364 g/mol. The number of thiazole rings is 1. The summed E-state index contributed by atoms with van der Waals surface area (Å²) >= 11 is 1.35. The van der Waals surface area contributed by atoms with Gasteiger partial charge in [0, 0.05) is 5.56 Å². The van der Waals surface area contributed by atoms with Crippen LogP contribution in [0.15, 0.2) is 63.8 Å². The van der Waals surface area contributed by atoms with Gasteiger partial charge in [-0.2, -0.15) is 0 Å². The third-order valence-electron chi connectivity index (χ3n) is 3.83. The van der Waals surface area contributed by atoms with Gasteiger partial charge >= 0.3 is 0 Å². The number of carbonyl (C=O) groups is 1. The van der Waals surface area contributed by atoms with Crippen LogP contribution in [0.3, 0.4) is 0 Å². The van der Waals surface area contributed by atoms with Gasteiger partial charge in [0.15, 0.2) is 10.9 Å². The SMILES string of the molecule is Cc1cc(C)cc(C(=O)Nc2nc(-c3ccco3)c(-c3ccco3)s2)c1. The standard InChI is InChI=1S/C20H16N2O3S/c1-12-9-13(2)11-14(10-12)19(23)22-20-21-17(15-5-3-7-24-15)18(26-20)16-6-4-8-25-16/h3-11H,1-2H3,(H,21,22,23). The first-order valence-corrected chi connectivity index (χ1v) is 8.90. The van der Waals surface area contributed by atoms with Gasteiger partial charge in [-0.3, -0.25) is 10.1 Å². The second-order valence-electron chi connectivity index (χ2n) is 5.98. The third kappa shape index (κ3) is 3.19. The number of benzene rings is 1. The molecule has 1 N–H and O–H groups in total. The molecule has 3 heterocycles. The number of hydrogen-bond donors (Lipinski definition) is 1. The molecule has 0 fully saturated rings. The number of furan rings is 2. The van der Waals surface area contributed by atoms with Gasteiger partial charge in [-0.15, -0.1) is 0 Å². The molecule has 0 aliphatic heterocycles. The van der Waals surface area contributed by atoms with E-state index in [1.54, 1.807) is 18.6 Å². The van der Waals surface area contributed by atoms with Crippen molar-refractivity contribution in [1.29, 1.82) is 0 Å². The largest absolute Gasteiger partial charge is 0.463 e. The molecule has 0 spiro atoms. The van der Waals surface area contributed by atoms with E-state index in [1.165, 1.54) is 11.3 Å². The van der Waals surface area contributed by atoms with Gasteiger partial charge in [-0.1, -0.05) is 28.5 Å². The molecule has 5 nitrogen and oxygen atoms in total. The zero-order valence-corrected chi connectivity index (χ0v) is 15.1. The van der Waals surface area contributed by atoms with Crippen molar-refractivity contribution >= 4 is 22.4 Å². The van der Waals surface area contributed by atoms with Crippen LogP contribution in [0.2, 0.25) is 0 Å². The summed E-state index contributed by atoms with van der Waals surface area (Å²) in [7, 11) is 0. The fourth-order valence-electron chi connectivity index (χ4n) is 2.80. The molecule has 4 aromatic rings. The van der Waals surface area contributed by atoms with Crippen molar-refractivity contribution < 1.29 is 13.6 Å². The Hall–Kier alpha value is -3.12. The minimum absolute atomic E-state index is 0.192. The van der Waals surface area contributed by atoms with Crippen molar-refractivity contribution in [2.75, 3.05) is 5.32 Å². The lowest BCUT2D eigenvalue weighted by atomic mass is 10.1. The summed E-state index contributed by atoms with van der Waals surface area (Å²) in [4.78, 5) is 18.0. The highest BCUT2D eigenvalue weighted by molar-refractivity contribution is 7.19. The molecule has 0 saturated heterocycles. The molecule has 0 aliphatic carbocycles. The lowest BCUT2D eigenvalue weighted by Gasteiger charge is -2.04. The molecule has 0 aliphatic rings. The number of nitrogens with one attached hydrogen (secondary N) is 1. The summed E-state index contributed by atoms with van der Waals surface area (Å²) in [6.07, 6.45) is 3.20. The average Bonchev–Trinajstić information content (AvgIpc) is 3.34. The summed E-state index contributed by atoms with van der Waals surface area (Å²) in [6, 6.07) is 13.0. The van der Waals surface area contributed by atoms with E-state index >= 15 is 0 Å². The number of amides is 1. The van der Waals surface area contributed by atoms with E-state index in [2.05, 4.69) is 10.3 Å². The Bertz CT molecular complexity index is 975. The van der Waals surface area contributed by atoms with Crippen molar-refractivity contribution in [2.24, 2.45) is 0 Å². The van der Waals surface area contributed by atoms with E-state index in [0.29, 0.717) is 27.9 Å². The van der Waals surface area contributed by atoms with Crippen molar-refractivity contribution in [3.05, 3.63) is 71.7 Å². The maximum Gasteiger partial charge on any atom is 0.257 e. The normalized spacial score (nSPS) is 10.8. The maximum atomic E-state index is 12.6. The Balaban J connectivity index is 1.69. The first kappa shape index (κ1) is 16.4. The number of nitrogens with zero attached hydrogens (tertiary/aromatic N) is 1. The molecule has 1 amide bonds. The van der Waals surface area contributed by atoms with E-state index in [9.17, 15) is 4.79 Å². The number of carbonyl (C=O) groups excluding carboxylic acids is 1. The molecule has 0 radical (unpaired) electrons. The topological polar surface area (TPSA) is 68.3 Å². The lowest BCUT2D eigenvalue weighted by Crippen LogP contribution is -2.12. The van der Waals surface area contributed by atoms with Gasteiger partial charge in [0.2, 0.25) is 0 Å². The van der Waals surface area contributed by atoms with Crippen LogP contribution >= 0.6 is 11.3 Å². The van der Waals surface area contributed by atoms with E-state index in [1.807, 2.05) is 50.2 Å². The Morgan fingerprint density at radius 1 is 1.00 bits per heavy atom. The van der Waals surface area contributed by atoms with Gasteiger partial charge in [0.25, 0.3) is 5.91 Å². The minimum Gasteiger partial charge on any atom is -0.463 e. The van der Waals surface area contributed by atoms with E-state index < -0.39 is 0 Å². The summed E-state index contributed by atoms with van der Waals surface area (Å²) in [6.45, 7) is 3.94. The number of rotatable bonds is 4. The van der Waals surface area contributed by atoms with Gasteiger partial charge in [-0.25, -0.2) is 4.98 Å². The maximum absolute atomic E-state index is 12.6. The average molecular weight is 364 g/mol. The number of aromatic nitrogens is 1. The number of anilines is 1. The third-order valence-corrected chi connectivity index (χ3v) is 4.82. The molecule has 26 heavy (non-hydrogen) atoms. The van der Waals surface area contributed by atoms with Crippen LogP contribution in [-0.4, -0.2) is 10.9 Å². The minimum atomic E-state index is -0.192. The molecule has 0 bridgehead atoms. The molecular formula is C20H16N2O3S. The van der Waals surface area contributed by atoms with Crippen LogP contribution in [0.4, 0.5) is 5.13 Å². The van der Waals surface area contributed by atoms with E-state index in [4.69, 9.17) is 8.83 Å². The smallest absolute Gasteiger partial charge is 0.257 e. The van der Waals surface area contributed by atoms with Crippen LogP contribution in [-0.2, 0) is 0 Å². The highest BCUT2D eigenvalue weighted by atomic mass is 32.1. The van der Waals surface area contributed by atoms with Gasteiger partial charge < -0.3 is 8.83 Å². The van der Waals surface area contributed by atoms with Crippen LogP contribution in [0, 0.1) is 13.8 Å². The summed E-state index contributed by atoms with van der Waals surface area (Å²) < 4.78 is 11.0. The molecule has 1 aromatic carbocycles. The summed E-state index contributed by atoms with van der Waals surface area (Å²) in [5.74, 6) is 1.11. The summed E-state index contributed by atoms with van der Waals surface area (Å²) in [5.41, 5.74) is 3.34. The highest BCUT2D eigenvalue weighted by Crippen LogP contribution is 2.39. The summed E-state index contributed by atoms with van der Waals surface area (Å²) in [5, 5.41) is 3.38. The van der Waals surface area contributed by atoms with Crippen LogP contribution < -0.4 is 5.32 Å². The van der Waals surface area contributed by atoms with Gasteiger partial charge in [-0.05, 0) is 50.2 Å². The highest BCUT2D eigenvalue weighted by Gasteiger charge is 2.20. The fraction of sp³-hybridized carbons (Fsp3) is 0.100. The van der Waals surface area contributed by atoms with Crippen molar-refractivity contribution in [2.45, 2.75) is 13.8 Å². The molecule has 130 valence electrons. The zero-order chi connectivity index (χ0) is 18.1. The van der Waals surface area contributed by atoms with Crippen LogP contribution in [0.5, 0.6) is 0 Å². The van der Waals surface area contributed by atoms with Crippen LogP contribution in [0.1, 0.15) is 21.5 Å². The molecule has 4 rings (SSSR count). The number of hydrogen-bond acceptors (Lipinski definition) is 5. The predicted molar refractivity (Wildman–Crippen MR) is 101 cm³/mol. The van der Waals surface area contributed by atoms with E-state index in [0.717, 1.165) is 16.0 Å². The van der Waals surface area contributed by atoms with Crippen molar-refractivity contribution in [1.82, 2.24) is 4.98 Å². The van der Waals surface area contributed by atoms with Crippen molar-refractivity contribution in [3.8, 4) is 22.1 Å². The Kier molecular flexibility index (Phi) is 4.18. The molecule has 0 unspecified atom stereocenters. The van der Waals surface area contributed by atoms with Crippen LogP contribution in [0.25, 0.3) is 22.1 Å². The second-order valence-corrected chi connectivity index (χ2v) is 6.98. The quantitative estimate of drug-likeness (QED) is 0.517. The molecular weight excluding hydrogens is 348 g/mol. The molecule has 0 atom stereocenters. The number of aryl methyl sites for hydroxylation is 2. The van der Waals surface area contributed by atoms with Gasteiger partial charge in [0.05, 0.1) is 12.5 Å². The fourth-order valence-corrected chi connectivity index (χ4v) is 3.74. The lowest BCUT2D eigenvalue weighted by molar-refractivity contribution is 0.102. The second kappa shape index (κ2) is 6.65. The van der Waals surface area contributed by atoms with E-state index in [-0.39, 0.29) is 5.91 Å². The first-order valence-electron chi connectivity index (χ1n) is 8.08. The van der Waals surface area contributed by atoms with Gasteiger partial charge in [0.1, 0.15) is 16.3 Å². The molecule has 3 aromatic heterocycles. The first-order chi connectivity index (χ1) is 12.6. The Morgan fingerprint density at radius 2 is 1.65 bits per heavy atom. The Morgan fingerprint density at radius 3 is 2.27 bits per heavy atom. The molecule has 6 heteroatoms. The predicted octanol–water partition coefficient (Wildman–Crippen LogP) is 5.53. The zero-order valence-electron chi connectivity index (χ0n) is 14.3. The molecule has 0 saturated carbocycles. The Labute approximate surface area is 154 Å².